The molecule has 3 rings (SSSR count). The van der Waals surface area contributed by atoms with Crippen molar-refractivity contribution in [2.75, 3.05) is 14.1 Å². The third-order valence-electron chi connectivity index (χ3n) is 5.70. The second-order valence-corrected chi connectivity index (χ2v) is 7.63. The van der Waals surface area contributed by atoms with Crippen LogP contribution in [0.1, 0.15) is 41.7 Å². The van der Waals surface area contributed by atoms with Gasteiger partial charge in [-0.25, -0.2) is 0 Å². The summed E-state index contributed by atoms with van der Waals surface area (Å²) in [6, 6.07) is 4.01. The summed E-state index contributed by atoms with van der Waals surface area (Å²) in [6.45, 7) is 2.05. The zero-order valence-corrected chi connectivity index (χ0v) is 17.3. The molecule has 1 fully saturated rings. The monoisotopic (exact) mass is 423 g/mol. The molecule has 162 valence electrons. The average Bonchev–Trinajstić information content (AvgIpc) is 3.01. The fourth-order valence-electron chi connectivity index (χ4n) is 3.78. The summed E-state index contributed by atoms with van der Waals surface area (Å²) in [5.41, 5.74) is -0.270. The molecular formula is C20H24F3N5O2. The molecule has 0 bridgehead atoms. The van der Waals surface area contributed by atoms with Crippen LogP contribution in [0.3, 0.4) is 0 Å². The SMILES string of the molecule is Cc1nnc(CN(C)C(=O)C2CCC(=O)N(C)C2c2ccc(C(F)(F)F)cc2)n1C. The Kier molecular flexibility index (Phi) is 5.87. The Morgan fingerprint density at radius 1 is 1.20 bits per heavy atom. The Bertz CT molecular complexity index is 939. The number of benzene rings is 1. The number of aromatic nitrogens is 3. The third kappa shape index (κ3) is 4.17. The molecule has 10 heteroatoms. The summed E-state index contributed by atoms with van der Waals surface area (Å²) < 4.78 is 40.5. The van der Waals surface area contributed by atoms with E-state index in [1.807, 2.05) is 0 Å². The Morgan fingerprint density at radius 2 is 1.83 bits per heavy atom. The highest BCUT2D eigenvalue weighted by molar-refractivity contribution is 5.84. The van der Waals surface area contributed by atoms with Crippen molar-refractivity contribution < 1.29 is 22.8 Å². The quantitative estimate of drug-likeness (QED) is 0.758. The molecule has 2 aromatic rings. The van der Waals surface area contributed by atoms with Crippen molar-refractivity contribution in [3.05, 3.63) is 47.0 Å². The molecule has 2 heterocycles. The van der Waals surface area contributed by atoms with Gasteiger partial charge in [-0.1, -0.05) is 12.1 Å². The Morgan fingerprint density at radius 3 is 2.37 bits per heavy atom. The highest BCUT2D eigenvalue weighted by atomic mass is 19.4. The molecule has 2 amide bonds. The van der Waals surface area contributed by atoms with Crippen molar-refractivity contribution in [2.45, 2.75) is 38.5 Å². The van der Waals surface area contributed by atoms with Gasteiger partial charge in [0.15, 0.2) is 5.82 Å². The molecule has 0 N–H and O–H groups in total. The van der Waals surface area contributed by atoms with Crippen molar-refractivity contribution >= 4 is 11.8 Å². The molecule has 1 saturated heterocycles. The number of rotatable bonds is 4. The number of alkyl halides is 3. The van der Waals surface area contributed by atoms with E-state index in [0.717, 1.165) is 18.0 Å². The van der Waals surface area contributed by atoms with Crippen molar-refractivity contribution in [3.8, 4) is 0 Å². The van der Waals surface area contributed by atoms with Crippen LogP contribution >= 0.6 is 0 Å². The first-order chi connectivity index (χ1) is 14.0. The average molecular weight is 423 g/mol. The van der Waals surface area contributed by atoms with Gasteiger partial charge in [0.05, 0.1) is 24.1 Å². The molecule has 2 atom stereocenters. The highest BCUT2D eigenvalue weighted by Gasteiger charge is 2.40. The van der Waals surface area contributed by atoms with Crippen LogP contribution in [0, 0.1) is 12.8 Å². The van der Waals surface area contributed by atoms with Gasteiger partial charge in [0.2, 0.25) is 11.8 Å². The third-order valence-corrected chi connectivity index (χ3v) is 5.70. The molecule has 7 nitrogen and oxygen atoms in total. The van der Waals surface area contributed by atoms with Gasteiger partial charge < -0.3 is 14.4 Å². The molecule has 0 aliphatic carbocycles. The lowest BCUT2D eigenvalue weighted by atomic mass is 9.83. The smallest absolute Gasteiger partial charge is 0.338 e. The number of aryl methyl sites for hydroxylation is 1. The first-order valence-corrected chi connectivity index (χ1v) is 9.53. The number of amides is 2. The van der Waals surface area contributed by atoms with Crippen LogP contribution in [-0.4, -0.2) is 50.5 Å². The lowest BCUT2D eigenvalue weighted by Gasteiger charge is -2.40. The number of likely N-dealkylation sites (tertiary alicyclic amines) is 1. The van der Waals surface area contributed by atoms with Gasteiger partial charge in [-0.15, -0.1) is 10.2 Å². The summed E-state index contributed by atoms with van der Waals surface area (Å²) in [7, 11) is 5.03. The van der Waals surface area contributed by atoms with Crippen LogP contribution < -0.4 is 0 Å². The largest absolute Gasteiger partial charge is 0.416 e. The normalized spacial score (nSPS) is 19.8. The predicted octanol–water partition coefficient (Wildman–Crippen LogP) is 2.71. The highest BCUT2D eigenvalue weighted by Crippen LogP contribution is 2.38. The van der Waals surface area contributed by atoms with Gasteiger partial charge >= 0.3 is 6.18 Å². The number of hydrogen-bond acceptors (Lipinski definition) is 4. The predicted molar refractivity (Wildman–Crippen MR) is 102 cm³/mol. The number of carbonyl (C=O) groups is 2. The van der Waals surface area contributed by atoms with Gasteiger partial charge in [-0.2, -0.15) is 13.2 Å². The minimum absolute atomic E-state index is 0.143. The number of nitrogens with zero attached hydrogens (tertiary/aromatic N) is 5. The second kappa shape index (κ2) is 8.08. The lowest BCUT2D eigenvalue weighted by molar-refractivity contribution is -0.146. The van der Waals surface area contributed by atoms with E-state index < -0.39 is 23.7 Å². The lowest BCUT2D eigenvalue weighted by Crippen LogP contribution is -2.46. The van der Waals surface area contributed by atoms with Gasteiger partial charge in [0.25, 0.3) is 0 Å². The summed E-state index contributed by atoms with van der Waals surface area (Å²) >= 11 is 0. The van der Waals surface area contributed by atoms with Gasteiger partial charge in [-0.3, -0.25) is 9.59 Å². The van der Waals surface area contributed by atoms with E-state index in [4.69, 9.17) is 0 Å². The zero-order valence-electron chi connectivity index (χ0n) is 17.3. The summed E-state index contributed by atoms with van der Waals surface area (Å²) in [5.74, 6) is 0.435. The molecule has 1 aromatic carbocycles. The molecule has 0 spiro atoms. The van der Waals surface area contributed by atoms with E-state index >= 15 is 0 Å². The van der Waals surface area contributed by atoms with E-state index in [-0.39, 0.29) is 24.8 Å². The molecule has 1 aliphatic rings. The van der Waals surface area contributed by atoms with Crippen molar-refractivity contribution in [1.29, 1.82) is 0 Å². The Hall–Kier alpha value is -2.91. The summed E-state index contributed by atoms with van der Waals surface area (Å²) in [6.07, 6.45) is -3.91. The van der Waals surface area contributed by atoms with E-state index in [2.05, 4.69) is 10.2 Å². The van der Waals surface area contributed by atoms with Gasteiger partial charge in [0, 0.05) is 27.6 Å². The van der Waals surface area contributed by atoms with E-state index in [0.29, 0.717) is 17.8 Å². The van der Waals surface area contributed by atoms with Crippen LogP contribution in [0.25, 0.3) is 0 Å². The number of halogens is 3. The maximum atomic E-state index is 13.2. The fourth-order valence-corrected chi connectivity index (χ4v) is 3.78. The summed E-state index contributed by atoms with van der Waals surface area (Å²) in [5, 5.41) is 8.05. The zero-order chi connectivity index (χ0) is 22.2. The Labute approximate surface area is 172 Å². The van der Waals surface area contributed by atoms with E-state index in [9.17, 15) is 22.8 Å². The Balaban J connectivity index is 1.86. The molecule has 2 unspecified atom stereocenters. The first kappa shape index (κ1) is 21.8. The minimum Gasteiger partial charge on any atom is -0.338 e. The number of piperidine rings is 1. The molecule has 1 aliphatic heterocycles. The standard InChI is InChI=1S/C20H24F3N5O2/c1-12-24-25-16(27(12)3)11-26(2)19(30)15-9-10-17(29)28(4)18(15)13-5-7-14(8-6-13)20(21,22)23/h5-8,15,18H,9-11H2,1-4H3. The maximum absolute atomic E-state index is 13.2. The minimum atomic E-state index is -4.45. The molecule has 0 radical (unpaired) electrons. The second-order valence-electron chi connectivity index (χ2n) is 7.63. The molecule has 1 aromatic heterocycles. The van der Waals surface area contributed by atoms with Crippen LogP contribution in [0.15, 0.2) is 24.3 Å². The number of carbonyl (C=O) groups excluding carboxylic acids is 2. The van der Waals surface area contributed by atoms with Crippen LogP contribution in [0.5, 0.6) is 0 Å². The van der Waals surface area contributed by atoms with Crippen LogP contribution in [-0.2, 0) is 29.4 Å². The van der Waals surface area contributed by atoms with E-state index in [1.54, 1.807) is 32.6 Å². The van der Waals surface area contributed by atoms with Crippen molar-refractivity contribution in [3.63, 3.8) is 0 Å². The molecule has 30 heavy (non-hydrogen) atoms. The molecule has 0 saturated carbocycles. The molecular weight excluding hydrogens is 399 g/mol. The van der Waals surface area contributed by atoms with Crippen molar-refractivity contribution in [2.24, 2.45) is 13.0 Å². The summed E-state index contributed by atoms with van der Waals surface area (Å²) in [4.78, 5) is 28.5. The van der Waals surface area contributed by atoms with Crippen LogP contribution in [0.2, 0.25) is 0 Å². The van der Waals surface area contributed by atoms with E-state index in [1.165, 1.54) is 21.9 Å². The maximum Gasteiger partial charge on any atom is 0.416 e. The number of hydrogen-bond donors (Lipinski definition) is 0. The first-order valence-electron chi connectivity index (χ1n) is 9.53. The van der Waals surface area contributed by atoms with Crippen LogP contribution in [0.4, 0.5) is 13.2 Å². The van der Waals surface area contributed by atoms with Gasteiger partial charge in [0.1, 0.15) is 5.82 Å². The van der Waals surface area contributed by atoms with Gasteiger partial charge in [-0.05, 0) is 31.0 Å². The fraction of sp³-hybridized carbons (Fsp3) is 0.500. The topological polar surface area (TPSA) is 71.3 Å². The van der Waals surface area contributed by atoms with Crippen molar-refractivity contribution in [1.82, 2.24) is 24.6 Å².